The number of carbonyl (C=O) groups is 2. The van der Waals surface area contributed by atoms with Crippen molar-refractivity contribution in [3.63, 3.8) is 0 Å². The molecule has 15 atom stereocenters. The zero-order chi connectivity index (χ0) is 67.1. The first kappa shape index (κ1) is 81.3. The summed E-state index contributed by atoms with van der Waals surface area (Å²) in [6, 6.07) is 11.6. The Kier molecular flexibility index (Phi) is 33.8. The smallest absolute Gasteiger partial charge is 0.329 e. The summed E-state index contributed by atoms with van der Waals surface area (Å²) in [5.74, 6) is -0.0758. The van der Waals surface area contributed by atoms with Crippen LogP contribution < -0.4 is 11.4 Å². The van der Waals surface area contributed by atoms with Crippen LogP contribution in [-0.4, -0.2) is 121 Å². The summed E-state index contributed by atoms with van der Waals surface area (Å²) in [6.07, 6.45) is 19.5. The molecule has 4 fully saturated rings. The van der Waals surface area contributed by atoms with E-state index in [1.165, 1.54) is 6.08 Å². The number of hydrogen-bond acceptors (Lipinski definition) is 10. The monoisotopic (exact) mass is 1850 g/mol. The summed E-state index contributed by atoms with van der Waals surface area (Å²) in [4.78, 5) is 71.4. The fraction of sp³-hybridized carbons (Fsp3) is 0.333. The third-order valence-electron chi connectivity index (χ3n) is 14.4. The largest absolute Gasteiger partial charge is 0.378 e. The Morgan fingerprint density at radius 2 is 0.989 bits per heavy atom. The first-order valence-corrected chi connectivity index (χ1v) is 72.7. The van der Waals surface area contributed by atoms with Gasteiger partial charge in [0.05, 0.1) is 91.1 Å². The molecule has 502 valence electrons. The summed E-state index contributed by atoms with van der Waals surface area (Å²) < 4.78 is 22.5. The number of imidazole rings is 4. The molecule has 2 amide bonds. The van der Waals surface area contributed by atoms with Crippen LogP contribution in [0.1, 0.15) is 54.8 Å². The summed E-state index contributed by atoms with van der Waals surface area (Å²) in [5.41, 5.74) is 7.09. The number of hydrogen-bond donors (Lipinski definition) is 0. The van der Waals surface area contributed by atoms with E-state index < -0.39 is 0 Å². The van der Waals surface area contributed by atoms with Gasteiger partial charge < -0.3 is 19.3 Å². The maximum Gasteiger partial charge on any atom is 0.329 e. The van der Waals surface area contributed by atoms with Crippen LogP contribution in [0.5, 0.6) is 0 Å². The molecule has 4 aliphatic rings. The molecule has 15 unspecified atom stereocenters. The highest BCUT2D eigenvalue weighted by Gasteiger charge is 2.46. The molecule has 18 nitrogen and oxygen atoms in total. The van der Waals surface area contributed by atoms with Crippen LogP contribution >= 0.6 is 239 Å². The zero-order valence-corrected chi connectivity index (χ0v) is 78.3. The van der Waals surface area contributed by atoms with Crippen LogP contribution in [0.2, 0.25) is 10.0 Å². The van der Waals surface area contributed by atoms with Gasteiger partial charge in [0.25, 0.3) is 0 Å². The van der Waals surface area contributed by atoms with E-state index in [0.29, 0.717) is 86.6 Å². The van der Waals surface area contributed by atoms with E-state index in [9.17, 15) is 19.2 Å². The van der Waals surface area contributed by atoms with Crippen LogP contribution in [0.3, 0.4) is 0 Å². The van der Waals surface area contributed by atoms with Gasteiger partial charge in [-0.15, -0.1) is 116 Å². The predicted octanol–water partition coefficient (Wildman–Crippen LogP) is 20.0. The molecule has 2 aliphatic carbocycles. The molecular formula is C48H73Cl2IN12O6P24. The molecule has 0 N–H and O–H groups in total. The van der Waals surface area contributed by atoms with Crippen molar-refractivity contribution in [2.75, 3.05) is 52.6 Å². The van der Waals surface area contributed by atoms with Crippen molar-refractivity contribution in [1.82, 2.24) is 56.8 Å². The topological polar surface area (TPSA) is 173 Å². The van der Waals surface area contributed by atoms with E-state index >= 15 is 0 Å². The van der Waals surface area contributed by atoms with E-state index in [4.69, 9.17) is 37.7 Å². The third kappa shape index (κ3) is 21.1. The van der Waals surface area contributed by atoms with Crippen molar-refractivity contribution in [1.29, 1.82) is 0 Å². The van der Waals surface area contributed by atoms with Gasteiger partial charge in [-0.3, -0.25) is 46.6 Å². The number of pyridine rings is 4. The summed E-state index contributed by atoms with van der Waals surface area (Å²) in [7, 11) is 41.8. The van der Waals surface area contributed by atoms with Gasteiger partial charge in [-0.1, -0.05) is 29.8 Å². The normalized spacial score (nSPS) is 16.3. The lowest BCUT2D eigenvalue weighted by Crippen LogP contribution is -2.39. The first-order chi connectivity index (χ1) is 44.4. The number of carbonyl (C=O) groups excluding carboxylic acids is 2. The maximum atomic E-state index is 13.4. The Morgan fingerprint density at radius 3 is 1.42 bits per heavy atom. The first-order valence-electron chi connectivity index (χ1n) is 28.1. The standard InChI is InChI=1S/C24H23ClN6O3.C17H13ClIN5O.C7H11NO2.H26P24/c25-16-6-8-29-19(3-4-23(32)28-9-11-34-12-10-28)18(27-22(29)13-16)15-30-21-14-26-7-5-20(21)31(24(30)33)17-1-2-17;18-10-4-6-22-15(7-10)21-12(16(22)19)9-23-14-8-20-5-3-13(14)24(17(23)25)11-1-2-11;1-2-7(9)8-3-5-10-6-4-8;1-14(2)20(13)23(19(11)12)24(21(15(3)4)16(5)6)22(17(7)8)18(9)10/h3-8,13-14,17H,1-2,9-12,15H2;3-8,11H,1-2,9H2;2H,1,3-6H2;1-13H2/b4-3+;;;. The number of amides is 2. The third-order valence-corrected chi connectivity index (χ3v) is 171. The van der Waals surface area contributed by atoms with Crippen LogP contribution in [0.4, 0.5) is 0 Å². The quantitative estimate of drug-likeness (QED) is 0.0431. The second-order valence-corrected chi connectivity index (χ2v) is 118. The lowest BCUT2D eigenvalue weighted by Gasteiger charge is -2.48. The molecule has 2 saturated carbocycles. The van der Waals surface area contributed by atoms with Gasteiger partial charge in [0.1, 0.15) is 15.0 Å². The Balaban J connectivity index is 0.000000156. The van der Waals surface area contributed by atoms with Crippen molar-refractivity contribution in [3.8, 4) is 0 Å². The minimum atomic E-state index is -0.0788. The van der Waals surface area contributed by atoms with Crippen molar-refractivity contribution in [2.24, 2.45) is 0 Å². The average molecular weight is 1860 g/mol. The Hall–Kier alpha value is 4.19. The molecule has 8 aromatic rings. The van der Waals surface area contributed by atoms with E-state index in [2.05, 4.69) is 160 Å². The van der Waals surface area contributed by atoms with Crippen LogP contribution in [0.15, 0.2) is 102 Å². The van der Waals surface area contributed by atoms with E-state index in [1.54, 1.807) is 68.0 Å². The van der Waals surface area contributed by atoms with Gasteiger partial charge in [-0.2, -0.15) is 0 Å². The number of nitrogens with zero attached hydrogens (tertiary/aromatic N) is 12. The van der Waals surface area contributed by atoms with Crippen molar-refractivity contribution >= 4 is 290 Å². The van der Waals surface area contributed by atoms with E-state index in [-0.39, 0.29) is 113 Å². The molecule has 0 bridgehead atoms. The van der Waals surface area contributed by atoms with Gasteiger partial charge in [-0.25, -0.2) is 19.6 Å². The average Bonchev–Trinajstić information content (AvgIpc) is 1.62. The molecule has 0 spiro atoms. The van der Waals surface area contributed by atoms with E-state index in [1.807, 2.05) is 54.6 Å². The second-order valence-electron chi connectivity index (χ2n) is 20.7. The van der Waals surface area contributed by atoms with Crippen molar-refractivity contribution in [2.45, 2.75) is 50.9 Å². The SMILES string of the molecule is C=CC(=O)N1CCOCC1.O=C(/C=C/c1c(Cn2c(=O)n(C3CC3)c3ccncc32)nc2cc(Cl)ccn12)N1CCOCC1.O=c1n(Cc2nc3cc(Cl)ccn3c2I)c2cnccc2n1C1CC1.PP(P)P(P)P(P(P)P)P(P(P(P)P)P(P)P)P(P(P)P)P(P)P. The van der Waals surface area contributed by atoms with Gasteiger partial charge in [0, 0.05) is 91.3 Å². The predicted molar refractivity (Wildman–Crippen MR) is 472 cm³/mol. The van der Waals surface area contributed by atoms with Crippen molar-refractivity contribution in [3.05, 3.63) is 144 Å². The fourth-order valence-corrected chi connectivity index (χ4v) is 300. The molecule has 0 aromatic carbocycles. The van der Waals surface area contributed by atoms with Crippen LogP contribution in [0, 0.1) is 3.70 Å². The molecule has 2 saturated heterocycles. The zero-order valence-electron chi connectivity index (χ0n) is 49.8. The number of halogens is 3. The number of fused-ring (bicyclic) bond motifs is 4. The highest BCUT2D eigenvalue weighted by molar-refractivity contribution is 14.1. The summed E-state index contributed by atoms with van der Waals surface area (Å²) >= 11 is 14.5. The molecule has 2 aliphatic heterocycles. The molecule has 8 aromatic heterocycles. The highest BCUT2D eigenvalue weighted by Crippen LogP contribution is 3.34. The lowest BCUT2D eigenvalue weighted by atomic mass is 10.2. The minimum Gasteiger partial charge on any atom is -0.378 e. The Labute approximate surface area is 607 Å². The Bertz CT molecular complexity index is 4050. The fourth-order valence-electron chi connectivity index (χ4n) is 9.90. The number of ether oxygens (including phenoxy) is 2. The number of morpholine rings is 2. The van der Waals surface area contributed by atoms with Gasteiger partial charge in [0.15, 0.2) is 0 Å². The van der Waals surface area contributed by atoms with Crippen LogP contribution in [-0.2, 0) is 32.2 Å². The molecule has 0 radical (unpaired) electrons. The lowest BCUT2D eigenvalue weighted by molar-refractivity contribution is -0.130. The number of rotatable bonds is 19. The Morgan fingerprint density at radius 1 is 0.570 bits per heavy atom. The minimum absolute atomic E-state index is 0.00181. The van der Waals surface area contributed by atoms with Gasteiger partial charge >= 0.3 is 11.4 Å². The number of aromatic nitrogens is 10. The molecule has 10 heterocycles. The summed E-state index contributed by atoms with van der Waals surface area (Å²) in [6.45, 7) is 9.38. The maximum absolute atomic E-state index is 13.4. The molecule has 45 heteroatoms. The van der Waals surface area contributed by atoms with Gasteiger partial charge in [0.2, 0.25) is 11.8 Å². The summed E-state index contributed by atoms with van der Waals surface area (Å²) in [5, 5.41) is 1.21. The molecule has 12 rings (SSSR count). The molecule has 93 heavy (non-hydrogen) atoms. The van der Waals surface area contributed by atoms with Crippen molar-refractivity contribution < 1.29 is 19.1 Å². The van der Waals surface area contributed by atoms with Crippen LogP contribution in [0.25, 0.3) is 39.4 Å². The highest BCUT2D eigenvalue weighted by atomic mass is 127. The van der Waals surface area contributed by atoms with E-state index in [0.717, 1.165) is 68.5 Å². The second kappa shape index (κ2) is 38.6. The van der Waals surface area contributed by atoms with Gasteiger partial charge in [-0.05, 0) is 162 Å². The molecular weight excluding hydrogens is 1780 g/mol.